The number of hydrogen-bond donors (Lipinski definition) is 2. The van der Waals surface area contributed by atoms with E-state index in [9.17, 15) is 4.79 Å². The Morgan fingerprint density at radius 3 is 2.63 bits per heavy atom. The molecular weight excluding hydrogens is 372 g/mol. The van der Waals surface area contributed by atoms with Crippen LogP contribution in [0, 0.1) is 0 Å². The first-order valence-electron chi connectivity index (χ1n) is 10.4. The Labute approximate surface area is 174 Å². The standard InChI is InChI=1S/C25H24N4O/c1-2-16-9-5-10-19-20(15-29(24(16)19)12-6-11-26)23-25(30)28-22-14-18-8-4-3-7-17(18)13-21(22)27-23/h3-5,7-10,13-15H,2,6,11-12,26H2,1H3,(H,28,30). The lowest BCUT2D eigenvalue weighted by Crippen LogP contribution is -2.11. The summed E-state index contributed by atoms with van der Waals surface area (Å²) in [5.41, 5.74) is 10.9. The molecule has 0 aliphatic rings. The molecule has 30 heavy (non-hydrogen) atoms. The van der Waals surface area contributed by atoms with Crippen LogP contribution in [0.3, 0.4) is 0 Å². The third kappa shape index (κ3) is 2.99. The highest BCUT2D eigenvalue weighted by Gasteiger charge is 2.17. The molecule has 2 heterocycles. The highest BCUT2D eigenvalue weighted by Crippen LogP contribution is 2.31. The Hall–Kier alpha value is -3.44. The lowest BCUT2D eigenvalue weighted by Gasteiger charge is -2.07. The lowest BCUT2D eigenvalue weighted by atomic mass is 10.0. The fraction of sp³-hybridized carbons (Fsp3) is 0.200. The molecule has 0 saturated carbocycles. The smallest absolute Gasteiger partial charge is 0.275 e. The van der Waals surface area contributed by atoms with Gasteiger partial charge in [-0.05, 0) is 47.9 Å². The van der Waals surface area contributed by atoms with Gasteiger partial charge < -0.3 is 15.3 Å². The van der Waals surface area contributed by atoms with E-state index in [-0.39, 0.29) is 5.56 Å². The van der Waals surface area contributed by atoms with Crippen LogP contribution in [0.4, 0.5) is 0 Å². The number of rotatable bonds is 5. The minimum absolute atomic E-state index is 0.169. The molecule has 0 unspecified atom stereocenters. The quantitative estimate of drug-likeness (QED) is 0.426. The fourth-order valence-electron chi connectivity index (χ4n) is 4.31. The first kappa shape index (κ1) is 18.6. The monoisotopic (exact) mass is 396 g/mol. The van der Waals surface area contributed by atoms with Crippen molar-refractivity contribution >= 4 is 32.7 Å². The number of benzene rings is 3. The lowest BCUT2D eigenvalue weighted by molar-refractivity contribution is 0.669. The molecule has 3 aromatic carbocycles. The van der Waals surface area contributed by atoms with Crippen LogP contribution in [-0.4, -0.2) is 21.1 Å². The van der Waals surface area contributed by atoms with Gasteiger partial charge in [0.1, 0.15) is 5.69 Å². The molecule has 5 aromatic rings. The third-order valence-electron chi connectivity index (χ3n) is 5.78. The molecule has 5 heteroatoms. The van der Waals surface area contributed by atoms with Crippen molar-refractivity contribution in [2.75, 3.05) is 6.54 Å². The maximum absolute atomic E-state index is 13.0. The Morgan fingerprint density at radius 2 is 1.87 bits per heavy atom. The third-order valence-corrected chi connectivity index (χ3v) is 5.78. The largest absolute Gasteiger partial charge is 0.347 e. The van der Waals surface area contributed by atoms with Gasteiger partial charge in [-0.3, -0.25) is 4.79 Å². The van der Waals surface area contributed by atoms with Gasteiger partial charge >= 0.3 is 0 Å². The van der Waals surface area contributed by atoms with Crippen molar-refractivity contribution in [1.82, 2.24) is 14.5 Å². The summed E-state index contributed by atoms with van der Waals surface area (Å²) < 4.78 is 2.22. The van der Waals surface area contributed by atoms with Crippen molar-refractivity contribution in [1.29, 1.82) is 0 Å². The van der Waals surface area contributed by atoms with Crippen LogP contribution >= 0.6 is 0 Å². The Bertz CT molecular complexity index is 1440. The van der Waals surface area contributed by atoms with Crippen molar-refractivity contribution in [3.63, 3.8) is 0 Å². The summed E-state index contributed by atoms with van der Waals surface area (Å²) in [5.74, 6) is 0. The Morgan fingerprint density at radius 1 is 1.07 bits per heavy atom. The van der Waals surface area contributed by atoms with E-state index in [1.165, 1.54) is 11.1 Å². The first-order chi connectivity index (χ1) is 14.7. The molecular formula is C25H24N4O. The van der Waals surface area contributed by atoms with E-state index >= 15 is 0 Å². The van der Waals surface area contributed by atoms with Gasteiger partial charge in [0, 0.05) is 23.7 Å². The Kier molecular flexibility index (Phi) is 4.60. The van der Waals surface area contributed by atoms with E-state index in [1.807, 2.05) is 30.3 Å². The molecule has 0 atom stereocenters. The van der Waals surface area contributed by atoms with Crippen molar-refractivity contribution in [3.8, 4) is 11.3 Å². The maximum Gasteiger partial charge on any atom is 0.275 e. The van der Waals surface area contributed by atoms with Crippen molar-refractivity contribution in [3.05, 3.63) is 76.7 Å². The zero-order valence-corrected chi connectivity index (χ0v) is 17.0. The van der Waals surface area contributed by atoms with Gasteiger partial charge in [-0.2, -0.15) is 0 Å². The van der Waals surface area contributed by atoms with Gasteiger partial charge in [-0.25, -0.2) is 4.98 Å². The number of H-pyrrole nitrogens is 1. The molecule has 0 aliphatic carbocycles. The van der Waals surface area contributed by atoms with E-state index in [2.05, 4.69) is 46.9 Å². The van der Waals surface area contributed by atoms with Crippen molar-refractivity contribution in [2.24, 2.45) is 5.73 Å². The zero-order valence-electron chi connectivity index (χ0n) is 17.0. The summed E-state index contributed by atoms with van der Waals surface area (Å²) in [6.07, 6.45) is 3.87. The highest BCUT2D eigenvalue weighted by atomic mass is 16.1. The Balaban J connectivity index is 1.77. The molecule has 3 N–H and O–H groups in total. The molecule has 0 spiro atoms. The van der Waals surface area contributed by atoms with Crippen molar-refractivity contribution in [2.45, 2.75) is 26.3 Å². The topological polar surface area (TPSA) is 76.7 Å². The predicted octanol–water partition coefficient (Wildman–Crippen LogP) is 4.61. The van der Waals surface area contributed by atoms with E-state index < -0.39 is 0 Å². The zero-order chi connectivity index (χ0) is 20.7. The van der Waals surface area contributed by atoms with Crippen LogP contribution in [0.5, 0.6) is 0 Å². The molecule has 0 fully saturated rings. The number of hydrogen-bond acceptors (Lipinski definition) is 3. The second kappa shape index (κ2) is 7.43. The van der Waals surface area contributed by atoms with Gasteiger partial charge in [0.05, 0.1) is 16.6 Å². The number of nitrogens with two attached hydrogens (primary N) is 1. The average Bonchev–Trinajstić information content (AvgIpc) is 3.14. The van der Waals surface area contributed by atoms with E-state index in [4.69, 9.17) is 10.7 Å². The van der Waals surface area contributed by atoms with Gasteiger partial charge in [-0.15, -0.1) is 0 Å². The summed E-state index contributed by atoms with van der Waals surface area (Å²) in [4.78, 5) is 20.9. The first-order valence-corrected chi connectivity index (χ1v) is 10.4. The SMILES string of the molecule is CCc1cccc2c(-c3nc4cc5ccccc5cc4[nH]c3=O)cn(CCCN)c12. The van der Waals surface area contributed by atoms with Gasteiger partial charge in [0.2, 0.25) is 0 Å². The summed E-state index contributed by atoms with van der Waals surface area (Å²) in [5, 5.41) is 3.25. The van der Waals surface area contributed by atoms with Crippen molar-refractivity contribution < 1.29 is 0 Å². The molecule has 2 aromatic heterocycles. The average molecular weight is 396 g/mol. The normalized spacial score (nSPS) is 11.7. The summed E-state index contributed by atoms with van der Waals surface area (Å²) >= 11 is 0. The molecule has 0 aliphatic heterocycles. The van der Waals surface area contributed by atoms with Crippen LogP contribution in [0.15, 0.2) is 65.6 Å². The molecule has 5 rings (SSSR count). The number of nitrogens with zero attached hydrogens (tertiary/aromatic N) is 2. The number of aromatic nitrogens is 3. The highest BCUT2D eigenvalue weighted by molar-refractivity contribution is 5.99. The van der Waals surface area contributed by atoms with Crippen LogP contribution in [0.25, 0.3) is 44.0 Å². The van der Waals surface area contributed by atoms with Crippen LogP contribution < -0.4 is 11.3 Å². The molecule has 150 valence electrons. The number of aromatic amines is 1. The van der Waals surface area contributed by atoms with E-state index in [0.29, 0.717) is 12.2 Å². The number of nitrogens with one attached hydrogen (secondary N) is 1. The minimum atomic E-state index is -0.169. The second-order valence-electron chi connectivity index (χ2n) is 7.68. The molecule has 0 saturated heterocycles. The van der Waals surface area contributed by atoms with Crippen LogP contribution in [0.1, 0.15) is 18.9 Å². The van der Waals surface area contributed by atoms with Crippen LogP contribution in [-0.2, 0) is 13.0 Å². The number of para-hydroxylation sites is 1. The second-order valence-corrected chi connectivity index (χ2v) is 7.68. The summed E-state index contributed by atoms with van der Waals surface area (Å²) in [6, 6.07) is 18.4. The minimum Gasteiger partial charge on any atom is -0.347 e. The van der Waals surface area contributed by atoms with Gasteiger partial charge in [0.25, 0.3) is 5.56 Å². The molecule has 5 nitrogen and oxygen atoms in total. The molecule has 0 bridgehead atoms. The summed E-state index contributed by atoms with van der Waals surface area (Å²) in [6.45, 7) is 3.60. The maximum atomic E-state index is 13.0. The van der Waals surface area contributed by atoms with Gasteiger partial charge in [0.15, 0.2) is 0 Å². The summed E-state index contributed by atoms with van der Waals surface area (Å²) in [7, 11) is 0. The molecule has 0 radical (unpaired) electrons. The van der Waals surface area contributed by atoms with Gasteiger partial charge in [-0.1, -0.05) is 49.4 Å². The number of aryl methyl sites for hydroxylation is 2. The van der Waals surface area contributed by atoms with E-state index in [1.54, 1.807) is 0 Å². The predicted molar refractivity (Wildman–Crippen MR) is 124 cm³/mol. The van der Waals surface area contributed by atoms with Crippen LogP contribution in [0.2, 0.25) is 0 Å². The molecule has 0 amide bonds. The van der Waals surface area contributed by atoms with E-state index in [0.717, 1.165) is 52.1 Å². The number of fused-ring (bicyclic) bond motifs is 3. The fourth-order valence-corrected chi connectivity index (χ4v) is 4.31.